The Kier molecular flexibility index (Phi) is 8.35. The Morgan fingerprint density at radius 1 is 1.14 bits per heavy atom. The van der Waals surface area contributed by atoms with Crippen LogP contribution in [0.5, 0.6) is 0 Å². The Bertz CT molecular complexity index is 815. The van der Waals surface area contributed by atoms with Crippen molar-refractivity contribution < 1.29 is 51.9 Å². The van der Waals surface area contributed by atoms with Gasteiger partial charge in [-0.05, 0) is 12.1 Å². The number of hydrogen-bond donors (Lipinski definition) is 5. The maximum atomic E-state index is 12.0. The van der Waals surface area contributed by atoms with E-state index in [4.69, 9.17) is 14.0 Å². The molecule has 29 heavy (non-hydrogen) atoms. The first-order valence-electron chi connectivity index (χ1n) is 8.04. The first-order valence-corrected chi connectivity index (χ1v) is 10.3. The van der Waals surface area contributed by atoms with Gasteiger partial charge in [-0.3, -0.25) is 4.55 Å². The molecule has 0 bridgehead atoms. The monoisotopic (exact) mass is 453 g/mol. The summed E-state index contributed by atoms with van der Waals surface area (Å²) in [5.74, 6) is -0.778. The highest BCUT2D eigenvalue weighted by molar-refractivity contribution is 8.14. The highest BCUT2D eigenvalue weighted by Crippen LogP contribution is 2.29. The van der Waals surface area contributed by atoms with Crippen LogP contribution in [-0.2, 0) is 24.2 Å². The lowest BCUT2D eigenvalue weighted by atomic mass is 10.0. The quantitative estimate of drug-likeness (QED) is 0.106. The average molecular weight is 453 g/mol. The molecule has 0 amide bonds. The third kappa shape index (κ3) is 6.90. The van der Waals surface area contributed by atoms with Crippen LogP contribution in [0.2, 0.25) is 0 Å². The van der Waals surface area contributed by atoms with Gasteiger partial charge in [0.25, 0.3) is 0 Å². The van der Waals surface area contributed by atoms with E-state index in [1.54, 1.807) is 18.2 Å². The second kappa shape index (κ2) is 10.3. The Hall–Kier alpha value is -1.78. The van der Waals surface area contributed by atoms with E-state index in [1.807, 2.05) is 0 Å². The number of oxime groups is 1. The number of aliphatic hydroxyl groups is 4. The standard InChI is InChI=1S/C15H19NO11S2/c17-6-9-11(18)12(19)13(20)15(26-9)28-10(16-27-29(22,23)24)7-25-14(21)8-4-2-1-3-5-8/h1-5,9,11-13,15,17-20H,6-7H2,(H,22,23,24)/b16-10-/t9-,11+,12-,13+,15+/m0/s1. The molecule has 1 aromatic carbocycles. The van der Waals surface area contributed by atoms with Crippen molar-refractivity contribution in [1.82, 2.24) is 0 Å². The normalized spacial score (nSPS) is 28.0. The van der Waals surface area contributed by atoms with Gasteiger partial charge in [0.15, 0.2) is 5.04 Å². The zero-order valence-corrected chi connectivity index (χ0v) is 16.3. The van der Waals surface area contributed by atoms with Crippen LogP contribution < -0.4 is 0 Å². The van der Waals surface area contributed by atoms with E-state index in [2.05, 4.69) is 9.44 Å². The number of ether oxygens (including phenoxy) is 2. The van der Waals surface area contributed by atoms with Crippen molar-refractivity contribution in [2.75, 3.05) is 13.2 Å². The number of carbonyl (C=O) groups excluding carboxylic acids is 1. The van der Waals surface area contributed by atoms with Crippen molar-refractivity contribution in [3.63, 3.8) is 0 Å². The fraction of sp³-hybridized carbons (Fsp3) is 0.467. The molecule has 0 saturated carbocycles. The van der Waals surface area contributed by atoms with Crippen LogP contribution in [0.25, 0.3) is 0 Å². The Balaban J connectivity index is 2.12. The van der Waals surface area contributed by atoms with Crippen LogP contribution >= 0.6 is 11.8 Å². The maximum absolute atomic E-state index is 12.0. The summed E-state index contributed by atoms with van der Waals surface area (Å²) < 4.78 is 44.4. The van der Waals surface area contributed by atoms with Gasteiger partial charge in [-0.2, -0.15) is 8.42 Å². The van der Waals surface area contributed by atoms with Crippen molar-refractivity contribution in [2.24, 2.45) is 5.16 Å². The number of thioether (sulfide) groups is 1. The number of nitrogens with zero attached hydrogens (tertiary/aromatic N) is 1. The fourth-order valence-electron chi connectivity index (χ4n) is 2.25. The van der Waals surface area contributed by atoms with Crippen LogP contribution in [0.4, 0.5) is 0 Å². The first kappa shape index (κ1) is 23.5. The van der Waals surface area contributed by atoms with E-state index in [-0.39, 0.29) is 10.6 Å². The van der Waals surface area contributed by atoms with Gasteiger partial charge < -0.3 is 29.9 Å². The third-order valence-corrected chi connectivity index (χ3v) is 5.02. The molecule has 14 heteroatoms. The highest BCUT2D eigenvalue weighted by Gasteiger charge is 2.44. The summed E-state index contributed by atoms with van der Waals surface area (Å²) in [6, 6.07) is 7.81. The van der Waals surface area contributed by atoms with Crippen molar-refractivity contribution in [3.8, 4) is 0 Å². The zero-order valence-electron chi connectivity index (χ0n) is 14.6. The molecule has 2 rings (SSSR count). The van der Waals surface area contributed by atoms with Crippen LogP contribution in [0, 0.1) is 0 Å². The Morgan fingerprint density at radius 2 is 1.79 bits per heavy atom. The molecule has 0 aromatic heterocycles. The molecule has 1 aliphatic rings. The van der Waals surface area contributed by atoms with Crippen molar-refractivity contribution in [2.45, 2.75) is 29.9 Å². The predicted molar refractivity (Wildman–Crippen MR) is 98.2 cm³/mol. The van der Waals surface area contributed by atoms with Gasteiger partial charge in [0.05, 0.1) is 12.2 Å². The van der Waals surface area contributed by atoms with Crippen LogP contribution in [0.3, 0.4) is 0 Å². The number of benzene rings is 1. The number of hydrogen-bond acceptors (Lipinski definition) is 12. The lowest BCUT2D eigenvalue weighted by molar-refractivity contribution is -0.205. The van der Waals surface area contributed by atoms with Gasteiger partial charge in [-0.1, -0.05) is 35.1 Å². The summed E-state index contributed by atoms with van der Waals surface area (Å²) in [7, 11) is -4.97. The van der Waals surface area contributed by atoms with Crippen LogP contribution in [0.1, 0.15) is 10.4 Å². The fourth-order valence-corrected chi connectivity index (χ4v) is 3.46. The van der Waals surface area contributed by atoms with Gasteiger partial charge in [0, 0.05) is 0 Å². The minimum Gasteiger partial charge on any atom is -0.455 e. The topological polar surface area (TPSA) is 192 Å². The molecule has 0 radical (unpaired) electrons. The Labute approximate surface area is 169 Å². The molecule has 5 N–H and O–H groups in total. The van der Waals surface area contributed by atoms with Crippen LogP contribution in [0.15, 0.2) is 35.5 Å². The van der Waals surface area contributed by atoms with Gasteiger partial charge in [0.2, 0.25) is 0 Å². The van der Waals surface area contributed by atoms with Crippen molar-refractivity contribution in [1.29, 1.82) is 0 Å². The lowest BCUT2D eigenvalue weighted by Crippen LogP contribution is -2.57. The molecular weight excluding hydrogens is 434 g/mol. The second-order valence-electron chi connectivity index (χ2n) is 5.74. The van der Waals surface area contributed by atoms with Gasteiger partial charge in [-0.25, -0.2) is 9.08 Å². The average Bonchev–Trinajstić information content (AvgIpc) is 2.69. The number of aliphatic hydroxyl groups excluding tert-OH is 4. The molecule has 1 heterocycles. The summed E-state index contributed by atoms with van der Waals surface area (Å²) in [5, 5.41) is 41.6. The van der Waals surface area contributed by atoms with Gasteiger partial charge >= 0.3 is 16.4 Å². The Morgan fingerprint density at radius 3 is 2.38 bits per heavy atom. The molecule has 1 fully saturated rings. The molecule has 1 aromatic rings. The number of rotatable bonds is 7. The first-order chi connectivity index (χ1) is 13.6. The maximum Gasteiger partial charge on any atom is 0.466 e. The number of carbonyl (C=O) groups is 1. The summed E-state index contributed by atoms with van der Waals surface area (Å²) in [6.07, 6.45) is -6.17. The molecule has 1 saturated heterocycles. The molecule has 1 aliphatic heterocycles. The molecule has 0 unspecified atom stereocenters. The van der Waals surface area contributed by atoms with E-state index in [0.717, 1.165) is 0 Å². The van der Waals surface area contributed by atoms with E-state index < -0.39 is 59.4 Å². The largest absolute Gasteiger partial charge is 0.466 e. The van der Waals surface area contributed by atoms with Crippen LogP contribution in [-0.4, -0.2) is 87.5 Å². The summed E-state index contributed by atoms with van der Waals surface area (Å²) in [5.41, 5.74) is -1.15. The van der Waals surface area contributed by atoms with Crippen molar-refractivity contribution in [3.05, 3.63) is 35.9 Å². The molecule has 12 nitrogen and oxygen atoms in total. The molecule has 0 aliphatic carbocycles. The summed E-state index contributed by atoms with van der Waals surface area (Å²) in [6.45, 7) is -1.32. The van der Waals surface area contributed by atoms with Crippen molar-refractivity contribution >= 4 is 33.2 Å². The molecule has 5 atom stereocenters. The van der Waals surface area contributed by atoms with Gasteiger partial charge in [-0.15, -0.1) is 0 Å². The third-order valence-electron chi connectivity index (χ3n) is 3.67. The van der Waals surface area contributed by atoms with Gasteiger partial charge in [0.1, 0.15) is 36.5 Å². The number of esters is 1. The second-order valence-corrected chi connectivity index (χ2v) is 7.92. The zero-order chi connectivity index (χ0) is 21.6. The minimum absolute atomic E-state index is 0.195. The molecule has 0 spiro atoms. The minimum atomic E-state index is -4.97. The molecular formula is C15H19NO11S2. The SMILES string of the molecule is O=C(OC/C(=N/OS(=O)(=O)O)S[C@H]1O[C@@H](CO)[C@@H](O)[C@H](O)[C@H]1O)c1ccccc1. The van der Waals surface area contributed by atoms with E-state index in [0.29, 0.717) is 11.8 Å². The van der Waals surface area contributed by atoms with E-state index >= 15 is 0 Å². The summed E-state index contributed by atoms with van der Waals surface area (Å²) >= 11 is 0.494. The predicted octanol–water partition coefficient (Wildman–Crippen LogP) is -1.49. The lowest BCUT2D eigenvalue weighted by Gasteiger charge is -2.39. The molecule has 162 valence electrons. The van der Waals surface area contributed by atoms with E-state index in [9.17, 15) is 33.6 Å². The highest BCUT2D eigenvalue weighted by atomic mass is 32.3. The smallest absolute Gasteiger partial charge is 0.455 e. The van der Waals surface area contributed by atoms with E-state index in [1.165, 1.54) is 12.1 Å². The summed E-state index contributed by atoms with van der Waals surface area (Å²) in [4.78, 5) is 12.0.